The van der Waals surface area contributed by atoms with Crippen molar-refractivity contribution in [3.8, 4) is 0 Å². The molecule has 2 N–H and O–H groups in total. The van der Waals surface area contributed by atoms with Gasteiger partial charge in [0.2, 0.25) is 0 Å². The van der Waals surface area contributed by atoms with Gasteiger partial charge < -0.3 is 10.6 Å². The summed E-state index contributed by atoms with van der Waals surface area (Å²) in [7, 11) is 0. The molecule has 96 valence electrons. The molecular weight excluding hydrogens is 245 g/mol. The van der Waals surface area contributed by atoms with Crippen LogP contribution in [0, 0.1) is 5.92 Å². The van der Waals surface area contributed by atoms with Crippen LogP contribution in [0.1, 0.15) is 20.3 Å². The van der Waals surface area contributed by atoms with E-state index in [0.29, 0.717) is 0 Å². The van der Waals surface area contributed by atoms with E-state index >= 15 is 0 Å². The minimum Gasteiger partial charge on any atom is -0.337 e. The lowest BCUT2D eigenvalue weighted by molar-refractivity contribution is -0.156. The van der Waals surface area contributed by atoms with Crippen LogP contribution in [-0.4, -0.2) is 30.7 Å². The van der Waals surface area contributed by atoms with Crippen LogP contribution in [-0.2, 0) is 0 Å². The maximum absolute atomic E-state index is 12.5. The summed E-state index contributed by atoms with van der Waals surface area (Å²) >= 11 is 5.29. The van der Waals surface area contributed by atoms with Gasteiger partial charge in [-0.2, -0.15) is 13.2 Å². The Labute approximate surface area is 97.7 Å². The van der Waals surface area contributed by atoms with Crippen molar-refractivity contribution < 1.29 is 18.0 Å². The number of carbonyl (C=O) groups is 1. The molecule has 0 fully saturated rings. The van der Waals surface area contributed by atoms with Gasteiger partial charge in [0.05, 0.1) is 0 Å². The predicted octanol–water partition coefficient (Wildman–Crippen LogP) is 2.50. The highest BCUT2D eigenvalue weighted by Crippen LogP contribution is 2.24. The third-order valence-electron chi connectivity index (χ3n) is 1.79. The first kappa shape index (κ1) is 15.3. The van der Waals surface area contributed by atoms with Gasteiger partial charge in [-0.15, -0.1) is 11.6 Å². The second kappa shape index (κ2) is 6.83. The summed E-state index contributed by atoms with van der Waals surface area (Å²) in [6.45, 7) is 3.47. The van der Waals surface area contributed by atoms with Crippen molar-refractivity contribution in [1.29, 1.82) is 0 Å². The highest BCUT2D eigenvalue weighted by atomic mass is 35.5. The Hall–Kier alpha value is -0.650. The van der Waals surface area contributed by atoms with Gasteiger partial charge in [0, 0.05) is 12.4 Å². The summed E-state index contributed by atoms with van der Waals surface area (Å²) < 4.78 is 37.5. The van der Waals surface area contributed by atoms with Crippen LogP contribution in [0.25, 0.3) is 0 Å². The third kappa shape index (κ3) is 6.76. The van der Waals surface area contributed by atoms with Crippen LogP contribution in [0.5, 0.6) is 0 Å². The number of rotatable bonds is 5. The van der Waals surface area contributed by atoms with Crippen molar-refractivity contribution in [2.45, 2.75) is 32.5 Å². The normalized spacial score (nSPS) is 13.7. The molecule has 0 aliphatic rings. The SMILES string of the molecule is CC(C)CC(NC(=O)NCCCl)C(F)(F)F. The fourth-order valence-corrected chi connectivity index (χ4v) is 1.21. The molecule has 0 aliphatic heterocycles. The van der Waals surface area contributed by atoms with Crippen LogP contribution < -0.4 is 10.6 Å². The summed E-state index contributed by atoms with van der Waals surface area (Å²) in [4.78, 5) is 11.1. The lowest BCUT2D eigenvalue weighted by Gasteiger charge is -2.23. The van der Waals surface area contributed by atoms with Gasteiger partial charge in [0.25, 0.3) is 0 Å². The quantitative estimate of drug-likeness (QED) is 0.733. The second-order valence-electron chi connectivity index (χ2n) is 3.81. The van der Waals surface area contributed by atoms with Crippen molar-refractivity contribution in [3.63, 3.8) is 0 Å². The number of hydrogen-bond donors (Lipinski definition) is 2. The molecule has 16 heavy (non-hydrogen) atoms. The number of carbonyl (C=O) groups excluding carboxylic acids is 1. The highest BCUT2D eigenvalue weighted by molar-refractivity contribution is 6.18. The molecule has 0 aromatic carbocycles. The first-order chi connectivity index (χ1) is 7.27. The second-order valence-corrected chi connectivity index (χ2v) is 4.19. The summed E-state index contributed by atoms with van der Waals surface area (Å²) in [5.74, 6) is 0.00817. The van der Waals surface area contributed by atoms with E-state index in [-0.39, 0.29) is 24.8 Å². The fraction of sp³-hybridized carbons (Fsp3) is 0.889. The molecule has 0 spiro atoms. The standard InChI is InChI=1S/C9H16ClF3N2O/c1-6(2)5-7(9(11,12)13)15-8(16)14-4-3-10/h6-7H,3-5H2,1-2H3,(H2,14,15,16). The van der Waals surface area contributed by atoms with Crippen LogP contribution >= 0.6 is 11.6 Å². The van der Waals surface area contributed by atoms with Crippen molar-refractivity contribution >= 4 is 17.6 Å². The van der Waals surface area contributed by atoms with E-state index in [4.69, 9.17) is 11.6 Å². The van der Waals surface area contributed by atoms with Gasteiger partial charge in [-0.1, -0.05) is 13.8 Å². The van der Waals surface area contributed by atoms with Gasteiger partial charge in [-0.25, -0.2) is 4.79 Å². The van der Waals surface area contributed by atoms with Gasteiger partial charge in [0.15, 0.2) is 0 Å². The average Bonchev–Trinajstić information content (AvgIpc) is 2.11. The van der Waals surface area contributed by atoms with E-state index in [1.165, 1.54) is 0 Å². The van der Waals surface area contributed by atoms with Gasteiger partial charge >= 0.3 is 12.2 Å². The van der Waals surface area contributed by atoms with E-state index in [0.717, 1.165) is 0 Å². The first-order valence-electron chi connectivity index (χ1n) is 4.94. The van der Waals surface area contributed by atoms with Crippen LogP contribution in [0.15, 0.2) is 0 Å². The number of nitrogens with one attached hydrogen (secondary N) is 2. The van der Waals surface area contributed by atoms with E-state index in [2.05, 4.69) is 5.32 Å². The van der Waals surface area contributed by atoms with Crippen LogP contribution in [0.3, 0.4) is 0 Å². The number of amides is 2. The topological polar surface area (TPSA) is 41.1 Å². The Morgan fingerprint density at radius 2 is 1.94 bits per heavy atom. The molecule has 0 radical (unpaired) electrons. The molecule has 7 heteroatoms. The van der Waals surface area contributed by atoms with Crippen molar-refractivity contribution in [2.24, 2.45) is 5.92 Å². The Morgan fingerprint density at radius 1 is 1.38 bits per heavy atom. The van der Waals surface area contributed by atoms with E-state index < -0.39 is 18.2 Å². The number of urea groups is 1. The maximum atomic E-state index is 12.5. The smallest absolute Gasteiger partial charge is 0.337 e. The van der Waals surface area contributed by atoms with Crippen molar-refractivity contribution in [3.05, 3.63) is 0 Å². The van der Waals surface area contributed by atoms with Gasteiger partial charge in [-0.05, 0) is 12.3 Å². The minimum atomic E-state index is -4.43. The Bertz CT molecular complexity index is 221. The molecule has 0 saturated carbocycles. The fourth-order valence-electron chi connectivity index (χ4n) is 1.12. The summed E-state index contributed by atoms with van der Waals surface area (Å²) in [5, 5.41) is 4.12. The van der Waals surface area contributed by atoms with Crippen LogP contribution in [0.2, 0.25) is 0 Å². The zero-order chi connectivity index (χ0) is 12.8. The number of alkyl halides is 4. The molecule has 0 aromatic rings. The largest absolute Gasteiger partial charge is 0.408 e. The van der Waals surface area contributed by atoms with E-state index in [9.17, 15) is 18.0 Å². The molecule has 2 amide bonds. The van der Waals surface area contributed by atoms with E-state index in [1.54, 1.807) is 13.8 Å². The zero-order valence-electron chi connectivity index (χ0n) is 9.20. The van der Waals surface area contributed by atoms with Gasteiger partial charge in [-0.3, -0.25) is 0 Å². The van der Waals surface area contributed by atoms with Crippen molar-refractivity contribution in [1.82, 2.24) is 10.6 Å². The third-order valence-corrected chi connectivity index (χ3v) is 1.98. The predicted molar refractivity (Wildman–Crippen MR) is 56.6 cm³/mol. The summed E-state index contributed by atoms with van der Waals surface area (Å²) in [6, 6.07) is -2.66. The Morgan fingerprint density at radius 3 is 2.31 bits per heavy atom. The van der Waals surface area contributed by atoms with Crippen LogP contribution in [0.4, 0.5) is 18.0 Å². The molecular formula is C9H16ClF3N2O. The average molecular weight is 261 g/mol. The monoisotopic (exact) mass is 260 g/mol. The molecule has 1 atom stereocenters. The molecule has 0 aromatic heterocycles. The highest BCUT2D eigenvalue weighted by Gasteiger charge is 2.40. The lowest BCUT2D eigenvalue weighted by Crippen LogP contribution is -2.50. The lowest BCUT2D eigenvalue weighted by atomic mass is 10.0. The molecule has 0 saturated heterocycles. The number of hydrogen-bond acceptors (Lipinski definition) is 1. The maximum Gasteiger partial charge on any atom is 0.408 e. The Balaban J connectivity index is 4.26. The number of halogens is 4. The van der Waals surface area contributed by atoms with E-state index in [1.807, 2.05) is 5.32 Å². The van der Waals surface area contributed by atoms with Crippen molar-refractivity contribution in [2.75, 3.05) is 12.4 Å². The molecule has 1 unspecified atom stereocenters. The first-order valence-corrected chi connectivity index (χ1v) is 5.47. The molecule has 0 bridgehead atoms. The van der Waals surface area contributed by atoms with Gasteiger partial charge in [0.1, 0.15) is 6.04 Å². The molecule has 0 aliphatic carbocycles. The minimum absolute atomic E-state index is 0.139. The zero-order valence-corrected chi connectivity index (χ0v) is 9.95. The molecule has 0 rings (SSSR count). The molecule has 0 heterocycles. The molecule has 3 nitrogen and oxygen atoms in total. The Kier molecular flexibility index (Phi) is 6.55. The summed E-state index contributed by atoms with van der Waals surface area (Å²) in [6.07, 6.45) is -4.57. The summed E-state index contributed by atoms with van der Waals surface area (Å²) in [5.41, 5.74) is 0.